The molecule has 0 aliphatic rings. The van der Waals surface area contributed by atoms with Gasteiger partial charge in [0, 0.05) is 12.8 Å². The van der Waals surface area contributed by atoms with E-state index in [1.165, 1.54) is 12.7 Å². The maximum absolute atomic E-state index is 11.8. The first kappa shape index (κ1) is 17.5. The molecule has 2 amide bonds. The van der Waals surface area contributed by atoms with E-state index in [1.54, 1.807) is 6.92 Å². The quantitative estimate of drug-likeness (QED) is 0.781. The molecule has 0 radical (unpaired) electrons. The van der Waals surface area contributed by atoms with Crippen molar-refractivity contribution in [2.45, 2.75) is 38.7 Å². The van der Waals surface area contributed by atoms with Crippen molar-refractivity contribution in [3.05, 3.63) is 29.8 Å². The average Bonchev–Trinajstić information content (AvgIpc) is 2.36. The van der Waals surface area contributed by atoms with Crippen molar-refractivity contribution in [1.82, 2.24) is 5.32 Å². The Bertz CT molecular complexity index is 461. The van der Waals surface area contributed by atoms with Gasteiger partial charge in [0.25, 0.3) is 0 Å². The number of rotatable bonds is 5. The van der Waals surface area contributed by atoms with Gasteiger partial charge < -0.3 is 20.5 Å². The van der Waals surface area contributed by atoms with Gasteiger partial charge in [-0.3, -0.25) is 0 Å². The highest BCUT2D eigenvalue weighted by molar-refractivity contribution is 5.89. The molecule has 0 fully saturated rings. The summed E-state index contributed by atoms with van der Waals surface area (Å²) in [4.78, 5) is 11.8. The average molecular weight is 294 g/mol. The van der Waals surface area contributed by atoms with E-state index in [4.69, 9.17) is 4.74 Å². The number of nitrogens with one attached hydrogen (secondary N) is 2. The molecule has 1 rings (SSSR count). The Kier molecular flexibility index (Phi) is 5.75. The molecule has 1 atom stereocenters. The Hall–Kier alpha value is -1.59. The minimum atomic E-state index is -1.08. The lowest BCUT2D eigenvalue weighted by atomic mass is 9.87. The van der Waals surface area contributed by atoms with Gasteiger partial charge in [0.1, 0.15) is 5.60 Å². The van der Waals surface area contributed by atoms with E-state index in [9.17, 15) is 9.90 Å². The van der Waals surface area contributed by atoms with Gasteiger partial charge in [-0.05, 0) is 30.0 Å². The molecule has 3 N–H and O–H groups in total. The van der Waals surface area contributed by atoms with Crippen molar-refractivity contribution < 1.29 is 14.6 Å². The summed E-state index contributed by atoms with van der Waals surface area (Å²) < 4.78 is 4.88. The Balaban J connectivity index is 2.52. The number of benzene rings is 1. The standard InChI is InChI=1S/C16H26N2O3/c1-15(2,3)12-6-8-13(9-7-12)18-14(19)17-10-16(4,20)11-21-5/h6-9,20H,10-11H2,1-5H3,(H2,17,18,19)/t16-/m0/s1. The molecule has 21 heavy (non-hydrogen) atoms. The molecule has 0 saturated heterocycles. The third-order valence-corrected chi connectivity index (χ3v) is 3.09. The van der Waals surface area contributed by atoms with Crippen LogP contribution in [-0.4, -0.2) is 37.0 Å². The Morgan fingerprint density at radius 1 is 1.19 bits per heavy atom. The van der Waals surface area contributed by atoms with Crippen LogP contribution >= 0.6 is 0 Å². The number of aliphatic hydroxyl groups is 1. The van der Waals surface area contributed by atoms with Crippen LogP contribution in [0.1, 0.15) is 33.3 Å². The van der Waals surface area contributed by atoms with Gasteiger partial charge >= 0.3 is 6.03 Å². The molecule has 5 heteroatoms. The summed E-state index contributed by atoms with van der Waals surface area (Å²) in [6.07, 6.45) is 0. The van der Waals surface area contributed by atoms with Crippen molar-refractivity contribution in [2.24, 2.45) is 0 Å². The highest BCUT2D eigenvalue weighted by atomic mass is 16.5. The molecule has 0 heterocycles. The van der Waals surface area contributed by atoms with Crippen LogP contribution in [0, 0.1) is 0 Å². The highest BCUT2D eigenvalue weighted by Crippen LogP contribution is 2.23. The van der Waals surface area contributed by atoms with Crippen LogP contribution in [0.5, 0.6) is 0 Å². The molecule has 0 bridgehead atoms. The van der Waals surface area contributed by atoms with E-state index in [0.717, 1.165) is 0 Å². The van der Waals surface area contributed by atoms with Crippen LogP contribution in [0.2, 0.25) is 0 Å². The fourth-order valence-electron chi connectivity index (χ4n) is 1.86. The monoisotopic (exact) mass is 294 g/mol. The minimum Gasteiger partial charge on any atom is -0.386 e. The number of carbonyl (C=O) groups excluding carboxylic acids is 1. The van der Waals surface area contributed by atoms with Crippen LogP contribution in [0.4, 0.5) is 10.5 Å². The molecule has 0 saturated carbocycles. The van der Waals surface area contributed by atoms with E-state index in [1.807, 2.05) is 24.3 Å². The van der Waals surface area contributed by atoms with Crippen molar-refractivity contribution >= 4 is 11.7 Å². The summed E-state index contributed by atoms with van der Waals surface area (Å²) in [5.41, 5.74) is 0.922. The number of amides is 2. The summed E-state index contributed by atoms with van der Waals surface area (Å²) in [5.74, 6) is 0. The second-order valence-electron chi connectivity index (χ2n) is 6.56. The van der Waals surface area contributed by atoms with Crippen molar-refractivity contribution in [3.8, 4) is 0 Å². The molecule has 118 valence electrons. The largest absolute Gasteiger partial charge is 0.386 e. The topological polar surface area (TPSA) is 70.6 Å². The molecular formula is C16H26N2O3. The lowest BCUT2D eigenvalue weighted by Crippen LogP contribution is -2.45. The molecule has 1 aromatic carbocycles. The first-order valence-corrected chi connectivity index (χ1v) is 7.01. The maximum atomic E-state index is 11.8. The summed E-state index contributed by atoms with van der Waals surface area (Å²) in [6.45, 7) is 8.30. The molecule has 0 aromatic heterocycles. The molecule has 5 nitrogen and oxygen atoms in total. The van der Waals surface area contributed by atoms with E-state index < -0.39 is 5.60 Å². The third kappa shape index (κ3) is 6.14. The number of ether oxygens (including phenoxy) is 1. The van der Waals surface area contributed by atoms with Crippen LogP contribution in [0.3, 0.4) is 0 Å². The Morgan fingerprint density at radius 2 is 1.76 bits per heavy atom. The summed E-state index contributed by atoms with van der Waals surface area (Å²) in [5, 5.41) is 15.2. The van der Waals surface area contributed by atoms with Gasteiger partial charge in [-0.25, -0.2) is 4.79 Å². The maximum Gasteiger partial charge on any atom is 0.319 e. The summed E-state index contributed by atoms with van der Waals surface area (Å²) >= 11 is 0. The molecule has 0 unspecified atom stereocenters. The molecule has 0 spiro atoms. The summed E-state index contributed by atoms with van der Waals surface area (Å²) in [6, 6.07) is 7.38. The zero-order valence-electron chi connectivity index (χ0n) is 13.5. The number of carbonyl (C=O) groups is 1. The van der Waals surface area contributed by atoms with Crippen LogP contribution in [0.15, 0.2) is 24.3 Å². The van der Waals surface area contributed by atoms with Gasteiger partial charge in [-0.1, -0.05) is 32.9 Å². The molecule has 0 aliphatic carbocycles. The van der Waals surface area contributed by atoms with Crippen molar-refractivity contribution in [1.29, 1.82) is 0 Å². The third-order valence-electron chi connectivity index (χ3n) is 3.09. The fraction of sp³-hybridized carbons (Fsp3) is 0.562. The highest BCUT2D eigenvalue weighted by Gasteiger charge is 2.21. The molecular weight excluding hydrogens is 268 g/mol. The number of anilines is 1. The number of hydrogen-bond acceptors (Lipinski definition) is 3. The van der Waals surface area contributed by atoms with Crippen molar-refractivity contribution in [3.63, 3.8) is 0 Å². The predicted molar refractivity (Wildman–Crippen MR) is 84.7 cm³/mol. The van der Waals surface area contributed by atoms with E-state index in [2.05, 4.69) is 31.4 Å². The van der Waals surface area contributed by atoms with Crippen LogP contribution in [0.25, 0.3) is 0 Å². The van der Waals surface area contributed by atoms with Crippen LogP contribution < -0.4 is 10.6 Å². The van der Waals surface area contributed by atoms with E-state index >= 15 is 0 Å². The second kappa shape index (κ2) is 6.91. The van der Waals surface area contributed by atoms with Gasteiger partial charge in [0.15, 0.2) is 0 Å². The zero-order valence-corrected chi connectivity index (χ0v) is 13.5. The second-order valence-corrected chi connectivity index (χ2v) is 6.56. The van der Waals surface area contributed by atoms with E-state index in [0.29, 0.717) is 5.69 Å². The lowest BCUT2D eigenvalue weighted by molar-refractivity contribution is -0.0133. The molecule has 0 aliphatic heterocycles. The zero-order chi connectivity index (χ0) is 16.1. The number of urea groups is 1. The van der Waals surface area contributed by atoms with Gasteiger partial charge in [0.05, 0.1) is 13.2 Å². The van der Waals surface area contributed by atoms with E-state index in [-0.39, 0.29) is 24.6 Å². The first-order chi connectivity index (χ1) is 9.64. The lowest BCUT2D eigenvalue weighted by Gasteiger charge is -2.22. The smallest absolute Gasteiger partial charge is 0.319 e. The first-order valence-electron chi connectivity index (χ1n) is 7.01. The van der Waals surface area contributed by atoms with Crippen LogP contribution in [-0.2, 0) is 10.2 Å². The van der Waals surface area contributed by atoms with Gasteiger partial charge in [-0.15, -0.1) is 0 Å². The normalized spacial score (nSPS) is 14.4. The SMILES string of the molecule is COC[C@@](C)(O)CNC(=O)Nc1ccc(C(C)(C)C)cc1. The number of methoxy groups -OCH3 is 1. The Labute approximate surface area is 126 Å². The van der Waals surface area contributed by atoms with Gasteiger partial charge in [-0.2, -0.15) is 0 Å². The summed E-state index contributed by atoms with van der Waals surface area (Å²) in [7, 11) is 1.51. The molecule has 1 aromatic rings. The number of hydrogen-bond donors (Lipinski definition) is 3. The minimum absolute atomic E-state index is 0.0830. The van der Waals surface area contributed by atoms with Crippen molar-refractivity contribution in [2.75, 3.05) is 25.6 Å². The van der Waals surface area contributed by atoms with Gasteiger partial charge in [0.2, 0.25) is 0 Å². The fourth-order valence-corrected chi connectivity index (χ4v) is 1.86. The predicted octanol–water partition coefficient (Wildman–Crippen LogP) is 2.50. The Morgan fingerprint density at radius 3 is 2.24 bits per heavy atom.